The molecule has 7 atom stereocenters. The Morgan fingerprint density at radius 1 is 0.190 bits per heavy atom. The fourth-order valence-corrected chi connectivity index (χ4v) is 12.4. The van der Waals surface area contributed by atoms with Gasteiger partial charge in [-0.05, 0) is 167 Å². The number of hydrogen-bond donors (Lipinski definition) is 28. The lowest BCUT2D eigenvalue weighted by Crippen LogP contribution is -2.47. The number of carbonyl (C=O) groups is 13. The van der Waals surface area contributed by atoms with Gasteiger partial charge in [-0.15, -0.1) is 0 Å². The molecular weight excluding hydrogens is 1640 g/mol. The van der Waals surface area contributed by atoms with Gasteiger partial charge in [0.15, 0.2) is 41.7 Å². The first-order valence-electron chi connectivity index (χ1n) is 43.9. The van der Waals surface area contributed by atoms with Crippen LogP contribution in [-0.4, -0.2) is 246 Å². The van der Waals surface area contributed by atoms with E-state index < -0.39 is 71.8 Å². The minimum atomic E-state index is -0.914. The van der Waals surface area contributed by atoms with Crippen LogP contribution in [0.4, 0.5) is 0 Å². The van der Waals surface area contributed by atoms with Gasteiger partial charge < -0.3 is 156 Å². The molecule has 0 aliphatic rings. The lowest BCUT2D eigenvalue weighted by Gasteiger charge is -2.19. The molecule has 0 bridgehead atoms. The van der Waals surface area contributed by atoms with Crippen molar-refractivity contribution in [2.24, 2.45) is 127 Å². The van der Waals surface area contributed by atoms with Gasteiger partial charge in [-0.25, -0.2) is 0 Å². The summed E-state index contributed by atoms with van der Waals surface area (Å²) in [6.07, 6.45) is 14.7. The summed E-state index contributed by atoms with van der Waals surface area (Å²) in [7, 11) is 0. The number of aliphatic imine (C=N–C) groups is 7. The number of amides is 13. The molecular formula is C78H153N35O13. The monoisotopic (exact) mass is 1790 g/mol. The van der Waals surface area contributed by atoms with E-state index in [0.29, 0.717) is 180 Å². The minimum absolute atomic E-state index is 0.0297. The van der Waals surface area contributed by atoms with Crippen LogP contribution in [0.2, 0.25) is 0 Å². The Hall–Kier alpha value is -12.0. The van der Waals surface area contributed by atoms with Crippen LogP contribution in [0.15, 0.2) is 34.9 Å². The van der Waals surface area contributed by atoms with Crippen molar-refractivity contribution in [1.29, 1.82) is 0 Å². The Morgan fingerprint density at radius 2 is 0.349 bits per heavy atom. The summed E-state index contributed by atoms with van der Waals surface area (Å²) >= 11 is 0. The lowest BCUT2D eigenvalue weighted by atomic mass is 10.1. The van der Waals surface area contributed by atoms with Gasteiger partial charge in [-0.1, -0.05) is 38.5 Å². The van der Waals surface area contributed by atoms with E-state index in [1.165, 1.54) is 0 Å². The molecule has 0 aromatic carbocycles. The predicted octanol–water partition coefficient (Wildman–Crippen LogP) is -6.86. The number of primary amides is 1. The van der Waals surface area contributed by atoms with Crippen molar-refractivity contribution in [1.82, 2.24) is 63.8 Å². The number of unbranched alkanes of at least 4 members (excludes halogenated alkanes) is 12. The molecule has 48 heteroatoms. The van der Waals surface area contributed by atoms with Gasteiger partial charge in [-0.2, -0.15) is 0 Å². The normalized spacial score (nSPS) is 12.4. The molecule has 0 aliphatic carbocycles. The quantitative estimate of drug-likeness (QED) is 0.0153. The Bertz CT molecular complexity index is 3430. The van der Waals surface area contributed by atoms with Gasteiger partial charge in [0.05, 0.1) is 6.04 Å². The third-order valence-electron chi connectivity index (χ3n) is 19.2. The van der Waals surface area contributed by atoms with Gasteiger partial charge in [0.1, 0.15) is 36.3 Å². The highest BCUT2D eigenvalue weighted by Gasteiger charge is 2.27. The van der Waals surface area contributed by atoms with Gasteiger partial charge in [0.2, 0.25) is 76.8 Å². The summed E-state index contributed by atoms with van der Waals surface area (Å²) in [5.74, 6) is -5.79. The predicted molar refractivity (Wildman–Crippen MR) is 487 cm³/mol. The van der Waals surface area contributed by atoms with Crippen LogP contribution in [0.3, 0.4) is 0 Å². The highest BCUT2D eigenvalue weighted by Crippen LogP contribution is 2.12. The molecule has 13 amide bonds. The Kier molecular flexibility index (Phi) is 66.3. The second kappa shape index (κ2) is 73.3. The third-order valence-corrected chi connectivity index (χ3v) is 19.2. The standard InChI is InChI=1S/C78H153N35O13/c79-52(26-19-45-101-72(81)82)66(121)95-39-13-1-8-34-60(115)109-54(28-21-47-103-74(85)86)68(123)97-41-15-3-10-36-62(117)111-56(30-23-49-105-76(89)90)70(125)99-43-17-5-12-38-64(119)113-58(32-25-51-107-78(93)94)71(126)100-44-18-6-11-37-63(118)112-57(31-24-50-106-77(91)92)69(124)98-42-16-4-9-35-61(116)110-55(29-22-48-104-75(87)88)67(122)96-40-14-2-7-33-59(114)108-53(65(80)120)27-20-46-102-73(83)84/h52-58H,1-51,79H2,(H2,80,120)(H,95,121)(H,96,122)(H,97,123)(H,98,124)(H,99,125)(H,100,126)(H,108,114)(H,109,115)(H,110,116)(H,111,117)(H,112,118)(H,113,119)(H4,81,82,101)(H4,83,84,102)(H4,85,86,103)(H4,87,88,104)(H4,89,90,105)(H4,91,92,106)(H4,93,94,107)/t52-,53-,54-,55-,56-,57-,58-/m1/s1. The average Bonchev–Trinajstić information content (AvgIpc) is 0.907. The summed E-state index contributed by atoms with van der Waals surface area (Å²) in [5.41, 5.74) is 87.7. The van der Waals surface area contributed by atoms with E-state index in [1.54, 1.807) is 0 Å². The third kappa shape index (κ3) is 67.4. The summed E-state index contributed by atoms with van der Waals surface area (Å²) in [6.45, 7) is 3.44. The summed E-state index contributed by atoms with van der Waals surface area (Å²) in [6, 6.07) is -6.01. The van der Waals surface area contributed by atoms with E-state index in [1.807, 2.05) is 0 Å². The Labute approximate surface area is 739 Å². The number of rotatable bonds is 77. The number of guanidine groups is 7. The molecule has 0 unspecified atom stereocenters. The molecule has 0 aromatic rings. The summed E-state index contributed by atoms with van der Waals surface area (Å²) < 4.78 is 0. The maximum atomic E-state index is 13.5. The zero-order valence-corrected chi connectivity index (χ0v) is 73.8. The second-order valence-electron chi connectivity index (χ2n) is 30.5. The van der Waals surface area contributed by atoms with Crippen LogP contribution >= 0.6 is 0 Å². The van der Waals surface area contributed by atoms with Crippen LogP contribution in [-0.2, 0) is 62.3 Å². The molecule has 48 nitrogen and oxygen atoms in total. The number of carbonyl (C=O) groups excluding carboxylic acids is 13. The van der Waals surface area contributed by atoms with Crippen molar-refractivity contribution < 1.29 is 62.3 Å². The van der Waals surface area contributed by atoms with Crippen molar-refractivity contribution in [2.45, 2.75) is 286 Å². The van der Waals surface area contributed by atoms with Crippen LogP contribution in [0.25, 0.3) is 0 Å². The second-order valence-corrected chi connectivity index (χ2v) is 30.5. The first-order chi connectivity index (χ1) is 60.1. The van der Waals surface area contributed by atoms with E-state index in [9.17, 15) is 62.3 Å². The zero-order chi connectivity index (χ0) is 94.1. The van der Waals surface area contributed by atoms with E-state index in [-0.39, 0.29) is 238 Å². The molecule has 0 aromatic heterocycles. The Morgan fingerprint density at radius 3 is 0.524 bits per heavy atom. The van der Waals surface area contributed by atoms with Gasteiger partial charge in [-0.3, -0.25) is 97.3 Å². The topological polar surface area (TPSA) is 869 Å². The molecule has 0 rings (SSSR count). The van der Waals surface area contributed by atoms with Gasteiger partial charge in [0, 0.05) is 124 Å². The van der Waals surface area contributed by atoms with Crippen LogP contribution in [0.1, 0.15) is 244 Å². The van der Waals surface area contributed by atoms with E-state index in [2.05, 4.69) is 98.7 Å². The first-order valence-corrected chi connectivity index (χ1v) is 43.9. The molecule has 0 saturated heterocycles. The highest BCUT2D eigenvalue weighted by molar-refractivity contribution is 5.91. The molecule has 718 valence electrons. The van der Waals surface area contributed by atoms with Crippen molar-refractivity contribution in [3.05, 3.63) is 0 Å². The van der Waals surface area contributed by atoms with E-state index in [0.717, 1.165) is 0 Å². The number of nitrogens with zero attached hydrogens (tertiary/aromatic N) is 7. The van der Waals surface area contributed by atoms with Crippen molar-refractivity contribution in [3.63, 3.8) is 0 Å². The average molecular weight is 1790 g/mol. The Balaban J connectivity index is 5.26. The SMILES string of the molecule is NC(=O)[C@@H](CCCN=C(N)N)NC(=O)CCCCCNC(=O)[C@@H](CCCN=C(N)N)NC(=O)CCCCCNC(=O)[C@@H](CCCN=C(N)N)NC(=O)CCCCCNC(=O)[C@@H](CCCN=C(N)N)NC(=O)CCCCCNC(=O)[C@@H](CCCN=C(N)N)NC(=O)CCCCCNC(=O)[C@@H](CCCN=C(N)N)NC(=O)CCCCCNC(=O)[C@H](N)CCCN=C(N)N. The molecule has 0 saturated carbocycles. The maximum Gasteiger partial charge on any atom is 0.242 e. The summed E-state index contributed by atoms with van der Waals surface area (Å²) in [4.78, 5) is 197. The fourth-order valence-electron chi connectivity index (χ4n) is 12.4. The molecule has 0 heterocycles. The smallest absolute Gasteiger partial charge is 0.242 e. The fraction of sp³-hybridized carbons (Fsp3) is 0.744. The molecule has 0 aliphatic heterocycles. The van der Waals surface area contributed by atoms with Gasteiger partial charge in [0.25, 0.3) is 0 Å². The lowest BCUT2D eigenvalue weighted by molar-refractivity contribution is -0.129. The van der Waals surface area contributed by atoms with Crippen molar-refractivity contribution in [3.8, 4) is 0 Å². The number of nitrogens with one attached hydrogen (secondary N) is 12. The largest absolute Gasteiger partial charge is 0.370 e. The molecule has 0 fully saturated rings. The van der Waals surface area contributed by atoms with Crippen LogP contribution in [0, 0.1) is 0 Å². The van der Waals surface area contributed by atoms with Crippen LogP contribution < -0.4 is 156 Å². The van der Waals surface area contributed by atoms with Gasteiger partial charge >= 0.3 is 0 Å². The summed E-state index contributed by atoms with van der Waals surface area (Å²) in [5, 5.41) is 33.8. The van der Waals surface area contributed by atoms with E-state index >= 15 is 0 Å². The minimum Gasteiger partial charge on any atom is -0.370 e. The number of nitrogens with two attached hydrogens (primary N) is 16. The van der Waals surface area contributed by atoms with Crippen LogP contribution in [0.5, 0.6) is 0 Å². The number of hydrogen-bond acceptors (Lipinski definition) is 21. The van der Waals surface area contributed by atoms with Crippen molar-refractivity contribution in [2.75, 3.05) is 85.1 Å². The molecule has 44 N–H and O–H groups in total. The molecule has 0 spiro atoms. The maximum absolute atomic E-state index is 13.5. The van der Waals surface area contributed by atoms with E-state index in [4.69, 9.17) is 91.7 Å². The van der Waals surface area contributed by atoms with Crippen molar-refractivity contribution >= 4 is 119 Å². The first kappa shape index (κ1) is 114. The molecule has 0 radical (unpaired) electrons. The molecule has 126 heavy (non-hydrogen) atoms. The highest BCUT2D eigenvalue weighted by atomic mass is 16.2. The zero-order valence-electron chi connectivity index (χ0n) is 73.8.